The van der Waals surface area contributed by atoms with Crippen LogP contribution in [0.25, 0.3) is 21.8 Å². The standard InChI is InChI=1S/C12H8N2.C2H4O2/c1-3-9-5-6-10-4-2-8-14-12(10)11(9)13-7-1;1-2(3)4/h1-8H;1H3,(H,3,4). The minimum Gasteiger partial charge on any atom is -0.481 e. The predicted molar refractivity (Wildman–Crippen MR) is 70.4 cm³/mol. The number of pyridine rings is 2. The molecule has 1 N–H and O–H groups in total. The monoisotopic (exact) mass is 240 g/mol. The summed E-state index contributed by atoms with van der Waals surface area (Å²) in [7, 11) is 0. The summed E-state index contributed by atoms with van der Waals surface area (Å²) in [6.45, 7) is 1.08. The van der Waals surface area contributed by atoms with Crippen LogP contribution in [0.5, 0.6) is 0 Å². The molecule has 18 heavy (non-hydrogen) atoms. The van der Waals surface area contributed by atoms with Crippen LogP contribution in [0.4, 0.5) is 0 Å². The Morgan fingerprint density at radius 1 is 0.944 bits per heavy atom. The van der Waals surface area contributed by atoms with Gasteiger partial charge in [-0.05, 0) is 12.1 Å². The van der Waals surface area contributed by atoms with Crippen molar-refractivity contribution in [3.63, 3.8) is 0 Å². The molecule has 3 aromatic rings. The minimum absolute atomic E-state index is 0.833. The van der Waals surface area contributed by atoms with Crippen molar-refractivity contribution in [3.8, 4) is 0 Å². The van der Waals surface area contributed by atoms with Gasteiger partial charge in [-0.2, -0.15) is 0 Å². The van der Waals surface area contributed by atoms with Crippen LogP contribution in [0.3, 0.4) is 0 Å². The van der Waals surface area contributed by atoms with Gasteiger partial charge < -0.3 is 5.11 Å². The van der Waals surface area contributed by atoms with E-state index >= 15 is 0 Å². The van der Waals surface area contributed by atoms with Gasteiger partial charge in [0.2, 0.25) is 0 Å². The van der Waals surface area contributed by atoms with Crippen molar-refractivity contribution in [2.24, 2.45) is 0 Å². The first-order chi connectivity index (χ1) is 8.68. The zero-order chi connectivity index (χ0) is 13.0. The van der Waals surface area contributed by atoms with Crippen LogP contribution in [0.1, 0.15) is 6.92 Å². The Labute approximate surface area is 104 Å². The highest BCUT2D eigenvalue weighted by Gasteiger charge is 2.00. The number of benzene rings is 1. The Morgan fingerprint density at radius 2 is 1.33 bits per heavy atom. The number of carboxylic acids is 1. The SMILES string of the molecule is CC(=O)O.c1cnc2c(c1)ccc1cccnc12. The number of carboxylic acid groups (broad SMARTS) is 1. The van der Waals surface area contributed by atoms with E-state index in [2.05, 4.69) is 34.2 Å². The van der Waals surface area contributed by atoms with E-state index in [9.17, 15) is 0 Å². The third kappa shape index (κ3) is 2.60. The topological polar surface area (TPSA) is 63.1 Å². The molecule has 3 rings (SSSR count). The molecule has 0 aliphatic rings. The molecule has 0 unspecified atom stereocenters. The summed E-state index contributed by atoms with van der Waals surface area (Å²) in [5.74, 6) is -0.833. The molecular formula is C14H12N2O2. The van der Waals surface area contributed by atoms with Gasteiger partial charge in [-0.15, -0.1) is 0 Å². The van der Waals surface area contributed by atoms with E-state index in [1.54, 1.807) is 12.4 Å². The Morgan fingerprint density at radius 3 is 1.72 bits per heavy atom. The fourth-order valence-corrected chi connectivity index (χ4v) is 1.68. The van der Waals surface area contributed by atoms with Crippen molar-refractivity contribution in [1.82, 2.24) is 9.97 Å². The van der Waals surface area contributed by atoms with E-state index in [0.29, 0.717) is 0 Å². The molecule has 0 saturated heterocycles. The molecule has 1 aromatic carbocycles. The lowest BCUT2D eigenvalue weighted by molar-refractivity contribution is -0.134. The number of hydrogen-bond donors (Lipinski definition) is 1. The van der Waals surface area contributed by atoms with Crippen LogP contribution in [0, 0.1) is 0 Å². The summed E-state index contributed by atoms with van der Waals surface area (Å²) in [6.07, 6.45) is 3.60. The quantitative estimate of drug-likeness (QED) is 0.614. The maximum absolute atomic E-state index is 9.00. The van der Waals surface area contributed by atoms with Crippen molar-refractivity contribution in [2.45, 2.75) is 6.92 Å². The Bertz CT molecular complexity index is 637. The third-order valence-corrected chi connectivity index (χ3v) is 2.34. The van der Waals surface area contributed by atoms with E-state index in [0.717, 1.165) is 28.7 Å². The summed E-state index contributed by atoms with van der Waals surface area (Å²) in [4.78, 5) is 17.7. The molecule has 4 heteroatoms. The number of aliphatic carboxylic acids is 1. The second-order valence-corrected chi connectivity index (χ2v) is 3.73. The first-order valence-electron chi connectivity index (χ1n) is 5.46. The molecule has 90 valence electrons. The van der Waals surface area contributed by atoms with Crippen LogP contribution >= 0.6 is 0 Å². The van der Waals surface area contributed by atoms with Gasteiger partial charge in [0.05, 0.1) is 11.0 Å². The molecule has 0 aliphatic heterocycles. The molecule has 0 bridgehead atoms. The number of rotatable bonds is 0. The highest BCUT2D eigenvalue weighted by atomic mass is 16.4. The Balaban J connectivity index is 0.000000267. The molecule has 0 saturated carbocycles. The van der Waals surface area contributed by atoms with Gasteiger partial charge in [0.25, 0.3) is 5.97 Å². The average molecular weight is 240 g/mol. The molecular weight excluding hydrogens is 228 g/mol. The van der Waals surface area contributed by atoms with Crippen molar-refractivity contribution < 1.29 is 9.90 Å². The third-order valence-electron chi connectivity index (χ3n) is 2.34. The van der Waals surface area contributed by atoms with Crippen LogP contribution in [0.2, 0.25) is 0 Å². The van der Waals surface area contributed by atoms with Gasteiger partial charge in [-0.3, -0.25) is 14.8 Å². The van der Waals surface area contributed by atoms with Gasteiger partial charge in [0.15, 0.2) is 0 Å². The number of aromatic nitrogens is 2. The molecule has 2 heterocycles. The van der Waals surface area contributed by atoms with E-state index in [1.807, 2.05) is 12.1 Å². The van der Waals surface area contributed by atoms with Crippen molar-refractivity contribution in [1.29, 1.82) is 0 Å². The Kier molecular flexibility index (Phi) is 3.48. The predicted octanol–water partition coefficient (Wildman–Crippen LogP) is 2.87. The van der Waals surface area contributed by atoms with Crippen LogP contribution in [0.15, 0.2) is 48.8 Å². The van der Waals surface area contributed by atoms with Gasteiger partial charge in [0.1, 0.15) is 0 Å². The van der Waals surface area contributed by atoms with Crippen LogP contribution in [-0.2, 0) is 4.79 Å². The molecule has 4 nitrogen and oxygen atoms in total. The summed E-state index contributed by atoms with van der Waals surface area (Å²) in [6, 6.07) is 12.1. The van der Waals surface area contributed by atoms with Crippen molar-refractivity contribution in [3.05, 3.63) is 48.8 Å². The first kappa shape index (κ1) is 12.0. The lowest BCUT2D eigenvalue weighted by Gasteiger charge is -2.00. The number of carbonyl (C=O) groups is 1. The van der Waals surface area contributed by atoms with Crippen molar-refractivity contribution in [2.75, 3.05) is 0 Å². The smallest absolute Gasteiger partial charge is 0.300 e. The summed E-state index contributed by atoms with van der Waals surface area (Å²) in [5, 5.41) is 9.69. The molecule has 0 fully saturated rings. The summed E-state index contributed by atoms with van der Waals surface area (Å²) in [5.41, 5.74) is 1.95. The molecule has 2 aromatic heterocycles. The van der Waals surface area contributed by atoms with E-state index in [4.69, 9.17) is 9.90 Å². The zero-order valence-electron chi connectivity index (χ0n) is 9.87. The fourth-order valence-electron chi connectivity index (χ4n) is 1.68. The molecule has 0 amide bonds. The van der Waals surface area contributed by atoms with Gasteiger partial charge in [0, 0.05) is 30.1 Å². The Hall–Kier alpha value is -2.49. The van der Waals surface area contributed by atoms with E-state index in [-0.39, 0.29) is 0 Å². The van der Waals surface area contributed by atoms with E-state index in [1.165, 1.54) is 0 Å². The first-order valence-corrected chi connectivity index (χ1v) is 5.46. The molecule has 0 radical (unpaired) electrons. The van der Waals surface area contributed by atoms with Crippen LogP contribution < -0.4 is 0 Å². The number of nitrogens with zero attached hydrogens (tertiary/aromatic N) is 2. The average Bonchev–Trinajstić information content (AvgIpc) is 2.38. The number of fused-ring (bicyclic) bond motifs is 3. The molecule has 0 spiro atoms. The fraction of sp³-hybridized carbons (Fsp3) is 0.0714. The molecule has 0 aliphatic carbocycles. The van der Waals surface area contributed by atoms with Gasteiger partial charge in [-0.25, -0.2) is 0 Å². The highest BCUT2D eigenvalue weighted by Crippen LogP contribution is 2.20. The minimum atomic E-state index is -0.833. The van der Waals surface area contributed by atoms with Gasteiger partial charge in [-0.1, -0.05) is 24.3 Å². The van der Waals surface area contributed by atoms with Gasteiger partial charge >= 0.3 is 0 Å². The van der Waals surface area contributed by atoms with Crippen molar-refractivity contribution >= 4 is 27.8 Å². The zero-order valence-corrected chi connectivity index (χ0v) is 9.87. The summed E-state index contributed by atoms with van der Waals surface area (Å²) < 4.78 is 0. The van der Waals surface area contributed by atoms with Crippen LogP contribution in [-0.4, -0.2) is 21.0 Å². The second-order valence-electron chi connectivity index (χ2n) is 3.73. The lowest BCUT2D eigenvalue weighted by atomic mass is 10.1. The molecule has 0 atom stereocenters. The number of hydrogen-bond acceptors (Lipinski definition) is 3. The maximum Gasteiger partial charge on any atom is 0.300 e. The van der Waals surface area contributed by atoms with E-state index < -0.39 is 5.97 Å². The lowest BCUT2D eigenvalue weighted by Crippen LogP contribution is -1.83. The largest absolute Gasteiger partial charge is 0.481 e. The second kappa shape index (κ2) is 5.23. The normalized spacial score (nSPS) is 9.83. The maximum atomic E-state index is 9.00. The highest BCUT2D eigenvalue weighted by molar-refractivity contribution is 6.02. The summed E-state index contributed by atoms with van der Waals surface area (Å²) >= 11 is 0.